The van der Waals surface area contributed by atoms with Crippen molar-refractivity contribution in [1.82, 2.24) is 0 Å². The molecule has 0 aromatic rings. The molecule has 0 aromatic carbocycles. The summed E-state index contributed by atoms with van der Waals surface area (Å²) in [5, 5.41) is 3.63. The molecule has 2 fully saturated rings. The number of allylic oxidation sites excluding steroid dienone is 2. The predicted molar refractivity (Wildman–Crippen MR) is 135 cm³/mol. The van der Waals surface area contributed by atoms with E-state index in [0.29, 0.717) is 24.3 Å². The van der Waals surface area contributed by atoms with Crippen LogP contribution in [0.3, 0.4) is 0 Å². The second-order valence-electron chi connectivity index (χ2n) is 12.1. The Bertz CT molecular complexity index is 853. The highest BCUT2D eigenvalue weighted by Crippen LogP contribution is 2.65. The Morgan fingerprint density at radius 1 is 1.14 bits per heavy atom. The SMILES string of the molecule is COCO[C@H]1CC[C@]2(C)C3=C(OC(=O)[C@H]2C1)[C@@H]1CC[C@H]([C@H](C)CCCCCCN=[N+]=[N-])[C@@]1(C)CC3. The van der Waals surface area contributed by atoms with Crippen LogP contribution in [-0.2, 0) is 19.0 Å². The van der Waals surface area contributed by atoms with Gasteiger partial charge in [0, 0.05) is 29.9 Å². The third kappa shape index (κ3) is 5.14. The van der Waals surface area contributed by atoms with Gasteiger partial charge >= 0.3 is 5.97 Å². The van der Waals surface area contributed by atoms with Crippen molar-refractivity contribution in [2.24, 2.45) is 39.6 Å². The van der Waals surface area contributed by atoms with E-state index in [9.17, 15) is 4.79 Å². The molecule has 1 heterocycles. The zero-order chi connectivity index (χ0) is 25.1. The number of hydrogen-bond acceptors (Lipinski definition) is 5. The van der Waals surface area contributed by atoms with Gasteiger partial charge in [0.2, 0.25) is 0 Å². The van der Waals surface area contributed by atoms with Crippen LogP contribution in [0.15, 0.2) is 16.4 Å². The van der Waals surface area contributed by atoms with E-state index in [1.54, 1.807) is 7.11 Å². The number of unbranched alkanes of at least 4 members (excludes halogenated alkanes) is 3. The van der Waals surface area contributed by atoms with E-state index in [0.717, 1.165) is 50.7 Å². The maximum atomic E-state index is 13.3. The van der Waals surface area contributed by atoms with Crippen LogP contribution in [0.4, 0.5) is 0 Å². The summed E-state index contributed by atoms with van der Waals surface area (Å²) >= 11 is 0. The molecule has 2 saturated carbocycles. The summed E-state index contributed by atoms with van der Waals surface area (Å²) in [6.45, 7) is 8.14. The van der Waals surface area contributed by atoms with Gasteiger partial charge in [-0.25, -0.2) is 0 Å². The molecular formula is C28H45N3O4. The summed E-state index contributed by atoms with van der Waals surface area (Å²) in [4.78, 5) is 16.1. The molecule has 0 unspecified atom stereocenters. The number of hydrogen-bond donors (Lipinski definition) is 0. The molecule has 7 heteroatoms. The lowest BCUT2D eigenvalue weighted by molar-refractivity contribution is -0.164. The second-order valence-corrected chi connectivity index (χ2v) is 12.1. The van der Waals surface area contributed by atoms with Crippen LogP contribution in [0.25, 0.3) is 10.4 Å². The summed E-state index contributed by atoms with van der Waals surface area (Å²) in [5.74, 6) is 2.68. The van der Waals surface area contributed by atoms with Crippen LogP contribution in [-0.4, -0.2) is 32.5 Å². The number of fused-ring (bicyclic) bond motifs is 4. The van der Waals surface area contributed by atoms with Gasteiger partial charge < -0.3 is 14.2 Å². The van der Waals surface area contributed by atoms with Crippen LogP contribution in [0.1, 0.15) is 97.8 Å². The lowest BCUT2D eigenvalue weighted by Crippen LogP contribution is -2.50. The molecule has 0 bridgehead atoms. The van der Waals surface area contributed by atoms with Crippen LogP contribution < -0.4 is 0 Å². The van der Waals surface area contributed by atoms with Gasteiger partial charge in [0.05, 0.1) is 12.0 Å². The topological polar surface area (TPSA) is 93.5 Å². The van der Waals surface area contributed by atoms with Gasteiger partial charge in [-0.3, -0.25) is 4.79 Å². The number of methoxy groups -OCH3 is 1. The van der Waals surface area contributed by atoms with Crippen molar-refractivity contribution in [2.45, 2.75) is 104 Å². The fraction of sp³-hybridized carbons (Fsp3) is 0.893. The standard InChI is InChI=1S/C28H45N3O4/c1-19(9-7-5-6-8-16-30-31-29)21-10-11-22-25-23(13-15-27(21,22)2)28(3)14-12-20(34-18-33-4)17-24(28)26(32)35-25/h19-22,24H,5-18H2,1-4H3/t19-,20+,21-,22+,24-,27-,28-/m1/s1. The molecule has 1 aliphatic heterocycles. The van der Waals surface area contributed by atoms with Gasteiger partial charge in [0.25, 0.3) is 0 Å². The average Bonchev–Trinajstić information content (AvgIpc) is 3.20. The minimum absolute atomic E-state index is 0.0292. The molecule has 0 aromatic heterocycles. The van der Waals surface area contributed by atoms with E-state index in [4.69, 9.17) is 19.7 Å². The summed E-state index contributed by atoms with van der Waals surface area (Å²) < 4.78 is 17.2. The highest BCUT2D eigenvalue weighted by Gasteiger charge is 2.59. The predicted octanol–water partition coefficient (Wildman–Crippen LogP) is 7.32. The number of carbonyl (C=O) groups is 1. The van der Waals surface area contributed by atoms with Gasteiger partial charge in [-0.15, -0.1) is 0 Å². The van der Waals surface area contributed by atoms with E-state index >= 15 is 0 Å². The lowest BCUT2D eigenvalue weighted by Gasteiger charge is -2.53. The normalized spacial score (nSPS) is 37.1. The summed E-state index contributed by atoms with van der Waals surface area (Å²) in [5.41, 5.74) is 9.98. The molecule has 7 atom stereocenters. The van der Waals surface area contributed by atoms with Crippen molar-refractivity contribution in [3.05, 3.63) is 21.8 Å². The summed E-state index contributed by atoms with van der Waals surface area (Å²) in [6, 6.07) is 0. The minimum Gasteiger partial charge on any atom is -0.431 e. The molecule has 0 N–H and O–H groups in total. The van der Waals surface area contributed by atoms with Gasteiger partial charge in [0.1, 0.15) is 12.6 Å². The van der Waals surface area contributed by atoms with Gasteiger partial charge in [-0.1, -0.05) is 51.6 Å². The molecule has 196 valence electrons. The number of azide groups is 1. The third-order valence-corrected chi connectivity index (χ3v) is 10.2. The molecular weight excluding hydrogens is 442 g/mol. The van der Waals surface area contributed by atoms with E-state index in [1.165, 1.54) is 37.7 Å². The lowest BCUT2D eigenvalue weighted by atomic mass is 9.54. The molecule has 0 amide bonds. The van der Waals surface area contributed by atoms with Gasteiger partial charge in [0.15, 0.2) is 0 Å². The first-order valence-electron chi connectivity index (χ1n) is 13.9. The van der Waals surface area contributed by atoms with Crippen LogP contribution in [0.2, 0.25) is 0 Å². The third-order valence-electron chi connectivity index (χ3n) is 10.2. The van der Waals surface area contributed by atoms with E-state index in [2.05, 4.69) is 30.8 Å². The molecule has 0 saturated heterocycles. The van der Waals surface area contributed by atoms with E-state index in [1.807, 2.05) is 0 Å². The van der Waals surface area contributed by atoms with Crippen LogP contribution in [0.5, 0.6) is 0 Å². The number of carbonyl (C=O) groups excluding carboxylic acids is 1. The van der Waals surface area contributed by atoms with Crippen molar-refractivity contribution < 1.29 is 19.0 Å². The quantitative estimate of drug-likeness (QED) is 0.0762. The van der Waals surface area contributed by atoms with Crippen molar-refractivity contribution in [3.63, 3.8) is 0 Å². The maximum absolute atomic E-state index is 13.3. The molecule has 35 heavy (non-hydrogen) atoms. The second kappa shape index (κ2) is 11.2. The average molecular weight is 488 g/mol. The summed E-state index contributed by atoms with van der Waals surface area (Å²) in [7, 11) is 1.64. The van der Waals surface area contributed by atoms with Crippen LogP contribution in [0, 0.1) is 34.5 Å². The van der Waals surface area contributed by atoms with E-state index in [-0.39, 0.29) is 35.6 Å². The number of rotatable bonds is 11. The van der Waals surface area contributed by atoms with Crippen LogP contribution >= 0.6 is 0 Å². The summed E-state index contributed by atoms with van der Waals surface area (Å²) in [6.07, 6.45) is 13.3. The fourth-order valence-electron chi connectivity index (χ4n) is 8.15. The highest BCUT2D eigenvalue weighted by atomic mass is 16.7. The Kier molecular flexibility index (Phi) is 8.50. The molecule has 0 spiro atoms. The zero-order valence-corrected chi connectivity index (χ0v) is 22.3. The van der Waals surface area contributed by atoms with Crippen molar-refractivity contribution in [3.8, 4) is 0 Å². The molecule has 4 aliphatic rings. The Morgan fingerprint density at radius 2 is 1.94 bits per heavy atom. The van der Waals surface area contributed by atoms with Gasteiger partial charge in [-0.05, 0) is 79.7 Å². The Labute approximate surface area is 211 Å². The van der Waals surface area contributed by atoms with Gasteiger partial charge in [-0.2, -0.15) is 0 Å². The van der Waals surface area contributed by atoms with Crippen molar-refractivity contribution in [1.29, 1.82) is 0 Å². The first-order valence-corrected chi connectivity index (χ1v) is 13.9. The monoisotopic (exact) mass is 487 g/mol. The minimum atomic E-state index is -0.101. The number of esters is 1. The Hall–Kier alpha value is -1.56. The molecule has 3 aliphatic carbocycles. The molecule has 0 radical (unpaired) electrons. The Balaban J connectivity index is 1.41. The molecule has 7 nitrogen and oxygen atoms in total. The van der Waals surface area contributed by atoms with Crippen molar-refractivity contribution >= 4 is 5.97 Å². The first-order chi connectivity index (χ1) is 16.8. The number of nitrogens with zero attached hydrogens (tertiary/aromatic N) is 3. The first kappa shape index (κ1) is 26.5. The van der Waals surface area contributed by atoms with E-state index < -0.39 is 0 Å². The van der Waals surface area contributed by atoms with Crippen molar-refractivity contribution in [2.75, 3.05) is 20.4 Å². The number of ether oxygens (including phenoxy) is 3. The smallest absolute Gasteiger partial charge is 0.315 e. The molecule has 4 rings (SSSR count). The Morgan fingerprint density at radius 3 is 2.71 bits per heavy atom. The largest absolute Gasteiger partial charge is 0.431 e. The highest BCUT2D eigenvalue weighted by molar-refractivity contribution is 5.77. The maximum Gasteiger partial charge on any atom is 0.315 e. The fourth-order valence-corrected chi connectivity index (χ4v) is 8.15. The zero-order valence-electron chi connectivity index (χ0n) is 22.3.